The molecule has 22 heavy (non-hydrogen) atoms. The van der Waals surface area contributed by atoms with Gasteiger partial charge in [-0.25, -0.2) is 0 Å². The summed E-state index contributed by atoms with van der Waals surface area (Å²) in [6.45, 7) is 2.83. The standard InChI is InChI=1S/C17H16O5/c1-12(18)20-11-17-10-9-16(22-17)8-5-14-3-6-15(7-4-14)21-13(2)19/h3-10H,11H2,1-2H3/b8-5+. The van der Waals surface area contributed by atoms with Crippen molar-refractivity contribution in [2.24, 2.45) is 0 Å². The molecule has 0 unspecified atom stereocenters. The summed E-state index contributed by atoms with van der Waals surface area (Å²) in [6.07, 6.45) is 3.67. The molecule has 0 aliphatic rings. The molecule has 0 N–H and O–H groups in total. The van der Waals surface area contributed by atoms with Crippen molar-refractivity contribution in [2.45, 2.75) is 20.5 Å². The van der Waals surface area contributed by atoms with Gasteiger partial charge in [0.2, 0.25) is 0 Å². The van der Waals surface area contributed by atoms with E-state index in [1.165, 1.54) is 13.8 Å². The molecule has 0 aliphatic heterocycles. The number of carbonyl (C=O) groups excluding carboxylic acids is 2. The van der Waals surface area contributed by atoms with Gasteiger partial charge >= 0.3 is 11.9 Å². The molecule has 0 saturated carbocycles. The van der Waals surface area contributed by atoms with Gasteiger partial charge in [0.05, 0.1) is 0 Å². The molecule has 2 rings (SSSR count). The van der Waals surface area contributed by atoms with E-state index in [0.717, 1.165) is 5.56 Å². The Hall–Kier alpha value is -2.82. The van der Waals surface area contributed by atoms with E-state index in [4.69, 9.17) is 13.9 Å². The van der Waals surface area contributed by atoms with Crippen molar-refractivity contribution in [2.75, 3.05) is 0 Å². The molecule has 0 bridgehead atoms. The highest BCUT2D eigenvalue weighted by Crippen LogP contribution is 2.16. The van der Waals surface area contributed by atoms with Gasteiger partial charge in [-0.15, -0.1) is 0 Å². The normalized spacial score (nSPS) is 10.6. The fourth-order valence-electron chi connectivity index (χ4n) is 1.73. The topological polar surface area (TPSA) is 65.7 Å². The number of furan rings is 1. The van der Waals surface area contributed by atoms with Crippen molar-refractivity contribution >= 4 is 24.1 Å². The molecular formula is C17H16O5. The van der Waals surface area contributed by atoms with E-state index in [0.29, 0.717) is 17.3 Å². The molecule has 2 aromatic rings. The smallest absolute Gasteiger partial charge is 0.308 e. The van der Waals surface area contributed by atoms with Crippen molar-refractivity contribution in [1.29, 1.82) is 0 Å². The van der Waals surface area contributed by atoms with Crippen LogP contribution in [0.15, 0.2) is 40.8 Å². The molecule has 0 aliphatic carbocycles. The predicted octanol–water partition coefficient (Wildman–Crippen LogP) is 3.44. The van der Waals surface area contributed by atoms with E-state index < -0.39 is 0 Å². The summed E-state index contributed by atoms with van der Waals surface area (Å²) in [4.78, 5) is 21.5. The van der Waals surface area contributed by atoms with E-state index in [-0.39, 0.29) is 18.5 Å². The highest BCUT2D eigenvalue weighted by Gasteiger charge is 2.02. The number of benzene rings is 1. The Morgan fingerprint density at radius 2 is 1.73 bits per heavy atom. The van der Waals surface area contributed by atoms with Gasteiger partial charge in [0.1, 0.15) is 23.9 Å². The van der Waals surface area contributed by atoms with Crippen LogP contribution in [0, 0.1) is 0 Å². The molecule has 1 heterocycles. The molecule has 0 radical (unpaired) electrons. The Morgan fingerprint density at radius 3 is 2.36 bits per heavy atom. The third kappa shape index (κ3) is 4.94. The van der Waals surface area contributed by atoms with Gasteiger partial charge in [0.15, 0.2) is 0 Å². The molecule has 5 heteroatoms. The van der Waals surface area contributed by atoms with Crippen molar-refractivity contribution < 1.29 is 23.5 Å². The molecule has 0 spiro atoms. The van der Waals surface area contributed by atoms with Crippen LogP contribution in [-0.2, 0) is 20.9 Å². The fraction of sp³-hybridized carbons (Fsp3) is 0.176. The first-order valence-electron chi connectivity index (χ1n) is 6.71. The highest BCUT2D eigenvalue weighted by atomic mass is 16.5. The number of esters is 2. The van der Waals surface area contributed by atoms with Gasteiger partial charge in [-0.2, -0.15) is 0 Å². The second kappa shape index (κ2) is 7.26. The van der Waals surface area contributed by atoms with Gasteiger partial charge < -0.3 is 13.9 Å². The molecule has 114 valence electrons. The van der Waals surface area contributed by atoms with E-state index in [1.807, 2.05) is 18.2 Å². The fourth-order valence-corrected chi connectivity index (χ4v) is 1.73. The van der Waals surface area contributed by atoms with E-state index >= 15 is 0 Å². The van der Waals surface area contributed by atoms with Gasteiger partial charge in [0, 0.05) is 13.8 Å². The lowest BCUT2D eigenvalue weighted by molar-refractivity contribution is -0.142. The van der Waals surface area contributed by atoms with Crippen LogP contribution in [0.25, 0.3) is 12.2 Å². The Kier molecular flexibility index (Phi) is 5.14. The van der Waals surface area contributed by atoms with Crippen LogP contribution in [0.1, 0.15) is 30.9 Å². The number of rotatable bonds is 5. The van der Waals surface area contributed by atoms with E-state index in [9.17, 15) is 9.59 Å². The maximum atomic E-state index is 10.8. The van der Waals surface area contributed by atoms with Crippen LogP contribution < -0.4 is 4.74 Å². The van der Waals surface area contributed by atoms with Gasteiger partial charge in [-0.1, -0.05) is 18.2 Å². The van der Waals surface area contributed by atoms with Gasteiger partial charge in [0.25, 0.3) is 0 Å². The minimum Gasteiger partial charge on any atom is -0.458 e. The van der Waals surface area contributed by atoms with Gasteiger partial charge in [-0.05, 0) is 35.9 Å². The zero-order valence-electron chi connectivity index (χ0n) is 12.4. The monoisotopic (exact) mass is 300 g/mol. The molecule has 0 fully saturated rings. The zero-order valence-corrected chi connectivity index (χ0v) is 12.4. The zero-order chi connectivity index (χ0) is 15.9. The summed E-state index contributed by atoms with van der Waals surface area (Å²) >= 11 is 0. The van der Waals surface area contributed by atoms with Crippen LogP contribution in [0.3, 0.4) is 0 Å². The lowest BCUT2D eigenvalue weighted by Crippen LogP contribution is -2.00. The van der Waals surface area contributed by atoms with E-state index in [2.05, 4.69) is 0 Å². The third-order valence-electron chi connectivity index (χ3n) is 2.68. The average Bonchev–Trinajstić information content (AvgIpc) is 2.92. The largest absolute Gasteiger partial charge is 0.458 e. The summed E-state index contributed by atoms with van der Waals surface area (Å²) < 4.78 is 15.3. The van der Waals surface area contributed by atoms with Gasteiger partial charge in [-0.3, -0.25) is 9.59 Å². The molecule has 1 aromatic carbocycles. The Bertz CT molecular complexity index is 679. The first kappa shape index (κ1) is 15.6. The SMILES string of the molecule is CC(=O)OCc1ccc(/C=C/c2ccc(OC(C)=O)cc2)o1. The third-order valence-corrected chi connectivity index (χ3v) is 2.68. The van der Waals surface area contributed by atoms with Crippen molar-refractivity contribution in [3.05, 3.63) is 53.5 Å². The quantitative estimate of drug-likeness (QED) is 0.625. The van der Waals surface area contributed by atoms with Crippen molar-refractivity contribution in [3.8, 4) is 5.75 Å². The number of ether oxygens (including phenoxy) is 2. The van der Waals surface area contributed by atoms with Crippen molar-refractivity contribution in [3.63, 3.8) is 0 Å². The summed E-state index contributed by atoms with van der Waals surface area (Å²) in [7, 11) is 0. The second-order valence-corrected chi connectivity index (χ2v) is 4.58. The molecule has 0 saturated heterocycles. The molecule has 5 nitrogen and oxygen atoms in total. The van der Waals surface area contributed by atoms with E-state index in [1.54, 1.807) is 30.3 Å². The van der Waals surface area contributed by atoms with Crippen LogP contribution in [0.2, 0.25) is 0 Å². The molecular weight excluding hydrogens is 284 g/mol. The summed E-state index contributed by atoms with van der Waals surface area (Å²) in [5.41, 5.74) is 0.939. The summed E-state index contributed by atoms with van der Waals surface area (Å²) in [6, 6.07) is 10.6. The lowest BCUT2D eigenvalue weighted by atomic mass is 10.2. The molecule has 1 aromatic heterocycles. The maximum Gasteiger partial charge on any atom is 0.308 e. The number of hydrogen-bond donors (Lipinski definition) is 0. The maximum absolute atomic E-state index is 10.8. The number of carbonyl (C=O) groups is 2. The van der Waals surface area contributed by atoms with Crippen LogP contribution in [0.5, 0.6) is 5.75 Å². The second-order valence-electron chi connectivity index (χ2n) is 4.58. The average molecular weight is 300 g/mol. The molecule has 0 amide bonds. The highest BCUT2D eigenvalue weighted by molar-refractivity contribution is 5.70. The van der Waals surface area contributed by atoms with Crippen molar-refractivity contribution in [1.82, 2.24) is 0 Å². The number of hydrogen-bond acceptors (Lipinski definition) is 5. The summed E-state index contributed by atoms with van der Waals surface area (Å²) in [5, 5.41) is 0. The first-order chi connectivity index (χ1) is 10.5. The summed E-state index contributed by atoms with van der Waals surface area (Å²) in [5.74, 6) is 1.05. The minimum absolute atomic E-state index is 0.125. The van der Waals surface area contributed by atoms with Crippen LogP contribution >= 0.6 is 0 Å². The predicted molar refractivity (Wildman–Crippen MR) is 80.9 cm³/mol. The minimum atomic E-state index is -0.348. The Labute approximate surface area is 128 Å². The Balaban J connectivity index is 1.96. The molecule has 0 atom stereocenters. The Morgan fingerprint density at radius 1 is 1.00 bits per heavy atom. The van der Waals surface area contributed by atoms with Crippen LogP contribution in [0.4, 0.5) is 0 Å². The van der Waals surface area contributed by atoms with Crippen LogP contribution in [-0.4, -0.2) is 11.9 Å². The lowest BCUT2D eigenvalue weighted by Gasteiger charge is -2.00. The first-order valence-corrected chi connectivity index (χ1v) is 6.71.